The highest BCUT2D eigenvalue weighted by molar-refractivity contribution is 5.47. The fourth-order valence-corrected chi connectivity index (χ4v) is 1.87. The third-order valence-electron chi connectivity index (χ3n) is 2.79. The molecule has 0 bridgehead atoms. The fourth-order valence-electron chi connectivity index (χ4n) is 1.87. The number of hydrogen-bond donors (Lipinski definition) is 1. The maximum Gasteiger partial charge on any atom is 0.146 e. The molecular weight excluding hydrogens is 248 g/mol. The minimum absolute atomic E-state index is 0.130. The predicted molar refractivity (Wildman–Crippen MR) is 71.0 cm³/mol. The van der Waals surface area contributed by atoms with Gasteiger partial charge in [-0.15, -0.1) is 0 Å². The van der Waals surface area contributed by atoms with Crippen molar-refractivity contribution in [1.82, 2.24) is 0 Å². The van der Waals surface area contributed by atoms with Crippen LogP contribution >= 0.6 is 0 Å². The standard InChI is InChI=1S/C15H15F2NO/c1-19-10-15(11-5-3-2-4-6-11)18-14-9-12(16)7-8-13(14)17/h2-9,15,18H,10H2,1H3. The van der Waals surface area contributed by atoms with E-state index in [0.717, 1.165) is 23.8 Å². The van der Waals surface area contributed by atoms with Gasteiger partial charge in [-0.3, -0.25) is 0 Å². The molecule has 100 valence electrons. The molecule has 1 unspecified atom stereocenters. The minimum atomic E-state index is -0.488. The number of halogens is 2. The Morgan fingerprint density at radius 1 is 1.11 bits per heavy atom. The van der Waals surface area contributed by atoms with Gasteiger partial charge in [0.2, 0.25) is 0 Å². The van der Waals surface area contributed by atoms with Crippen LogP contribution in [0, 0.1) is 11.6 Å². The van der Waals surface area contributed by atoms with Crippen LogP contribution in [-0.2, 0) is 4.74 Å². The smallest absolute Gasteiger partial charge is 0.146 e. The molecule has 2 aromatic rings. The summed E-state index contributed by atoms with van der Waals surface area (Å²) in [7, 11) is 1.57. The van der Waals surface area contributed by atoms with Gasteiger partial charge in [-0.25, -0.2) is 8.78 Å². The number of rotatable bonds is 5. The summed E-state index contributed by atoms with van der Waals surface area (Å²) in [4.78, 5) is 0. The van der Waals surface area contributed by atoms with E-state index in [9.17, 15) is 8.78 Å². The van der Waals surface area contributed by atoms with Crippen molar-refractivity contribution < 1.29 is 13.5 Å². The van der Waals surface area contributed by atoms with E-state index < -0.39 is 11.6 Å². The van der Waals surface area contributed by atoms with Gasteiger partial charge in [0.25, 0.3) is 0 Å². The maximum atomic E-state index is 13.6. The quantitative estimate of drug-likeness (QED) is 0.886. The first-order chi connectivity index (χ1) is 9.20. The summed E-state index contributed by atoms with van der Waals surface area (Å²) < 4.78 is 31.9. The van der Waals surface area contributed by atoms with Crippen LogP contribution in [0.4, 0.5) is 14.5 Å². The number of nitrogens with one attached hydrogen (secondary N) is 1. The first kappa shape index (κ1) is 13.5. The van der Waals surface area contributed by atoms with Crippen molar-refractivity contribution in [2.24, 2.45) is 0 Å². The lowest BCUT2D eigenvalue weighted by atomic mass is 10.1. The number of anilines is 1. The molecule has 1 N–H and O–H groups in total. The molecule has 0 amide bonds. The van der Waals surface area contributed by atoms with Crippen molar-refractivity contribution in [2.75, 3.05) is 19.0 Å². The Labute approximate surface area is 111 Å². The molecule has 0 saturated carbocycles. The summed E-state index contributed by atoms with van der Waals surface area (Å²) in [6.07, 6.45) is 0. The van der Waals surface area contributed by atoms with Gasteiger partial charge in [-0.05, 0) is 23.8 Å². The van der Waals surface area contributed by atoms with Crippen LogP contribution in [0.25, 0.3) is 0 Å². The Balaban J connectivity index is 2.24. The molecular formula is C15H15F2NO. The number of hydrogen-bond acceptors (Lipinski definition) is 2. The lowest BCUT2D eigenvalue weighted by Crippen LogP contribution is -2.17. The molecule has 0 aliphatic heterocycles. The Morgan fingerprint density at radius 3 is 2.53 bits per heavy atom. The van der Waals surface area contributed by atoms with Gasteiger partial charge >= 0.3 is 0 Å². The van der Waals surface area contributed by atoms with Gasteiger partial charge in [0.1, 0.15) is 11.6 Å². The molecule has 0 spiro atoms. The van der Waals surface area contributed by atoms with Crippen LogP contribution in [0.3, 0.4) is 0 Å². The summed E-state index contributed by atoms with van der Waals surface area (Å²) in [6, 6.07) is 12.6. The zero-order valence-corrected chi connectivity index (χ0v) is 10.6. The molecule has 0 aromatic heterocycles. The topological polar surface area (TPSA) is 21.3 Å². The van der Waals surface area contributed by atoms with Crippen molar-refractivity contribution in [1.29, 1.82) is 0 Å². The van der Waals surface area contributed by atoms with Gasteiger partial charge in [0, 0.05) is 7.11 Å². The fraction of sp³-hybridized carbons (Fsp3) is 0.200. The van der Waals surface area contributed by atoms with Gasteiger partial charge in [-0.1, -0.05) is 30.3 Å². The molecule has 0 radical (unpaired) electrons. The van der Waals surface area contributed by atoms with E-state index in [-0.39, 0.29) is 11.7 Å². The highest BCUT2D eigenvalue weighted by Gasteiger charge is 2.13. The Bertz CT molecular complexity index is 531. The number of methoxy groups -OCH3 is 1. The van der Waals surface area contributed by atoms with E-state index in [1.807, 2.05) is 30.3 Å². The minimum Gasteiger partial charge on any atom is -0.382 e. The summed E-state index contributed by atoms with van der Waals surface area (Å²) in [5, 5.41) is 2.97. The number of benzene rings is 2. The van der Waals surface area contributed by atoms with E-state index in [4.69, 9.17) is 4.74 Å². The second-order valence-electron chi connectivity index (χ2n) is 4.19. The number of ether oxygens (including phenoxy) is 1. The molecule has 2 rings (SSSR count). The predicted octanol–water partition coefficient (Wildman–Crippen LogP) is 3.76. The van der Waals surface area contributed by atoms with Crippen molar-refractivity contribution in [3.8, 4) is 0 Å². The average Bonchev–Trinajstić information content (AvgIpc) is 2.43. The molecule has 2 aromatic carbocycles. The van der Waals surface area contributed by atoms with E-state index >= 15 is 0 Å². The van der Waals surface area contributed by atoms with Crippen LogP contribution in [0.2, 0.25) is 0 Å². The Hall–Kier alpha value is -1.94. The second kappa shape index (κ2) is 6.29. The highest BCUT2D eigenvalue weighted by Crippen LogP contribution is 2.23. The molecule has 4 heteroatoms. The summed E-state index contributed by atoms with van der Waals surface area (Å²) >= 11 is 0. The first-order valence-corrected chi connectivity index (χ1v) is 5.96. The van der Waals surface area contributed by atoms with E-state index in [1.165, 1.54) is 0 Å². The summed E-state index contributed by atoms with van der Waals surface area (Å²) in [5.41, 5.74) is 1.08. The van der Waals surface area contributed by atoms with Crippen LogP contribution in [0.5, 0.6) is 0 Å². The van der Waals surface area contributed by atoms with E-state index in [1.54, 1.807) is 7.11 Å². The zero-order valence-electron chi connectivity index (χ0n) is 10.6. The van der Waals surface area contributed by atoms with Crippen molar-refractivity contribution in [3.05, 3.63) is 65.7 Å². The van der Waals surface area contributed by atoms with E-state index in [2.05, 4.69) is 5.32 Å². The van der Waals surface area contributed by atoms with Crippen LogP contribution in [-0.4, -0.2) is 13.7 Å². The highest BCUT2D eigenvalue weighted by atomic mass is 19.1. The largest absolute Gasteiger partial charge is 0.382 e. The molecule has 0 aliphatic rings. The van der Waals surface area contributed by atoms with Crippen LogP contribution in [0.15, 0.2) is 48.5 Å². The normalized spacial score (nSPS) is 12.2. The van der Waals surface area contributed by atoms with Crippen molar-refractivity contribution >= 4 is 5.69 Å². The third-order valence-corrected chi connectivity index (χ3v) is 2.79. The molecule has 0 saturated heterocycles. The monoisotopic (exact) mass is 263 g/mol. The first-order valence-electron chi connectivity index (χ1n) is 5.96. The van der Waals surface area contributed by atoms with E-state index in [0.29, 0.717) is 6.61 Å². The van der Waals surface area contributed by atoms with Crippen LogP contribution in [0.1, 0.15) is 11.6 Å². The lowest BCUT2D eigenvalue weighted by Gasteiger charge is -2.20. The van der Waals surface area contributed by atoms with Crippen molar-refractivity contribution in [2.45, 2.75) is 6.04 Å². The lowest BCUT2D eigenvalue weighted by molar-refractivity contribution is 0.186. The summed E-state index contributed by atoms with van der Waals surface area (Å²) in [6.45, 7) is 0.361. The van der Waals surface area contributed by atoms with Gasteiger partial charge < -0.3 is 10.1 Å². The average molecular weight is 263 g/mol. The molecule has 2 nitrogen and oxygen atoms in total. The third kappa shape index (κ3) is 3.51. The molecule has 19 heavy (non-hydrogen) atoms. The molecule has 1 atom stereocenters. The molecule has 0 heterocycles. The van der Waals surface area contributed by atoms with Crippen LogP contribution < -0.4 is 5.32 Å². The second-order valence-corrected chi connectivity index (χ2v) is 4.19. The summed E-state index contributed by atoms with van der Waals surface area (Å²) in [5.74, 6) is -0.966. The zero-order chi connectivity index (χ0) is 13.7. The Kier molecular flexibility index (Phi) is 4.47. The Morgan fingerprint density at radius 2 is 1.84 bits per heavy atom. The SMILES string of the molecule is COCC(Nc1cc(F)ccc1F)c1ccccc1. The van der Waals surface area contributed by atoms with Gasteiger partial charge in [-0.2, -0.15) is 0 Å². The van der Waals surface area contributed by atoms with Gasteiger partial charge in [0.15, 0.2) is 0 Å². The van der Waals surface area contributed by atoms with Crippen molar-refractivity contribution in [3.63, 3.8) is 0 Å². The maximum absolute atomic E-state index is 13.6. The molecule has 0 fully saturated rings. The molecule has 0 aliphatic carbocycles. The van der Waals surface area contributed by atoms with Gasteiger partial charge in [0.05, 0.1) is 18.3 Å².